The van der Waals surface area contributed by atoms with Gasteiger partial charge in [-0.2, -0.15) is 0 Å². The summed E-state index contributed by atoms with van der Waals surface area (Å²) in [6, 6.07) is 8.05. The maximum atomic E-state index is 12.1. The zero-order chi connectivity index (χ0) is 20.1. The molecular formula is C22H22N4O2. The molecule has 3 rings (SSSR count). The van der Waals surface area contributed by atoms with Crippen molar-refractivity contribution in [1.82, 2.24) is 10.3 Å². The van der Waals surface area contributed by atoms with Gasteiger partial charge in [0.2, 0.25) is 5.91 Å². The van der Waals surface area contributed by atoms with Crippen molar-refractivity contribution in [3.8, 4) is 11.1 Å². The maximum absolute atomic E-state index is 12.1. The van der Waals surface area contributed by atoms with Gasteiger partial charge >= 0.3 is 0 Å². The van der Waals surface area contributed by atoms with Crippen LogP contribution in [0.1, 0.15) is 17.5 Å². The second-order valence-electron chi connectivity index (χ2n) is 6.46. The van der Waals surface area contributed by atoms with Crippen LogP contribution in [0.15, 0.2) is 67.1 Å². The molecule has 2 aromatic rings. The minimum atomic E-state index is -0.318. The van der Waals surface area contributed by atoms with E-state index in [-0.39, 0.29) is 17.5 Å². The highest BCUT2D eigenvalue weighted by Gasteiger charge is 2.21. The topological polar surface area (TPSA) is 74.7 Å². The fourth-order valence-corrected chi connectivity index (χ4v) is 3.15. The molecule has 6 nitrogen and oxygen atoms in total. The van der Waals surface area contributed by atoms with Gasteiger partial charge in [0.25, 0.3) is 5.91 Å². The number of amides is 2. The Balaban J connectivity index is 1.78. The van der Waals surface area contributed by atoms with Crippen molar-refractivity contribution in [1.29, 1.82) is 0 Å². The number of hydrogen-bond donors (Lipinski definition) is 1. The molecule has 1 aromatic heterocycles. The van der Waals surface area contributed by atoms with Gasteiger partial charge in [0, 0.05) is 49.9 Å². The molecule has 0 spiro atoms. The molecule has 6 heteroatoms. The van der Waals surface area contributed by atoms with E-state index >= 15 is 0 Å². The number of nitrogens with zero attached hydrogens (tertiary/aromatic N) is 3. The molecule has 1 aliphatic rings. The number of hydrogen-bond acceptors (Lipinski definition) is 4. The van der Waals surface area contributed by atoms with E-state index in [1.807, 2.05) is 18.2 Å². The van der Waals surface area contributed by atoms with Crippen molar-refractivity contribution >= 4 is 23.2 Å². The van der Waals surface area contributed by atoms with E-state index < -0.39 is 0 Å². The van der Waals surface area contributed by atoms with Crippen LogP contribution in [0.3, 0.4) is 0 Å². The Morgan fingerprint density at radius 2 is 2.07 bits per heavy atom. The van der Waals surface area contributed by atoms with Crippen LogP contribution < -0.4 is 10.2 Å². The Morgan fingerprint density at radius 1 is 1.25 bits per heavy atom. The Kier molecular flexibility index (Phi) is 5.79. The third-order valence-corrected chi connectivity index (χ3v) is 4.66. The van der Waals surface area contributed by atoms with Crippen molar-refractivity contribution in [2.75, 3.05) is 11.9 Å². The van der Waals surface area contributed by atoms with Crippen LogP contribution in [0.4, 0.5) is 5.69 Å². The van der Waals surface area contributed by atoms with E-state index in [2.05, 4.69) is 34.5 Å². The number of rotatable bonds is 6. The normalized spacial score (nSPS) is 13.7. The van der Waals surface area contributed by atoms with Crippen LogP contribution in [0.5, 0.6) is 0 Å². The molecule has 0 saturated heterocycles. The lowest BCUT2D eigenvalue weighted by Gasteiger charge is -2.26. The largest absolute Gasteiger partial charge is 0.347 e. The van der Waals surface area contributed by atoms with Gasteiger partial charge < -0.3 is 10.2 Å². The average molecular weight is 374 g/mol. The number of benzene rings is 1. The summed E-state index contributed by atoms with van der Waals surface area (Å²) >= 11 is 0. The minimum Gasteiger partial charge on any atom is -0.347 e. The van der Waals surface area contributed by atoms with Gasteiger partial charge in [-0.1, -0.05) is 19.2 Å². The van der Waals surface area contributed by atoms with Crippen molar-refractivity contribution in [3.05, 3.63) is 73.2 Å². The van der Waals surface area contributed by atoms with E-state index in [1.54, 1.807) is 24.3 Å². The third kappa shape index (κ3) is 4.06. The standard InChI is InChI=1S/C22H22N4O2/c1-4-19(24-5-2)22(28)25-13-15-10-18(14-23-12-15)16-6-8-20-17(11-16)7-9-21(27)26(20)3/h4-6,8,10-12,14H,1-2,7,9,13H2,3H3,(H,25,28). The quantitative estimate of drug-likeness (QED) is 0.790. The summed E-state index contributed by atoms with van der Waals surface area (Å²) in [5.74, 6) is -0.180. The van der Waals surface area contributed by atoms with Gasteiger partial charge in [0.1, 0.15) is 5.71 Å². The van der Waals surface area contributed by atoms with Gasteiger partial charge in [-0.15, -0.1) is 0 Å². The van der Waals surface area contributed by atoms with Crippen LogP contribution >= 0.6 is 0 Å². The molecule has 0 bridgehead atoms. The van der Waals surface area contributed by atoms with E-state index in [0.717, 1.165) is 34.4 Å². The summed E-state index contributed by atoms with van der Waals surface area (Å²) in [6.07, 6.45) is 7.46. The van der Waals surface area contributed by atoms with Crippen molar-refractivity contribution in [2.45, 2.75) is 19.4 Å². The summed E-state index contributed by atoms with van der Waals surface area (Å²) in [5, 5.41) is 2.80. The smallest absolute Gasteiger partial charge is 0.270 e. The predicted molar refractivity (Wildman–Crippen MR) is 111 cm³/mol. The summed E-state index contributed by atoms with van der Waals surface area (Å²) in [4.78, 5) is 33.8. The molecule has 0 unspecified atom stereocenters. The lowest BCUT2D eigenvalue weighted by atomic mass is 9.96. The third-order valence-electron chi connectivity index (χ3n) is 4.66. The zero-order valence-corrected chi connectivity index (χ0v) is 15.8. The molecule has 2 heterocycles. The zero-order valence-electron chi connectivity index (χ0n) is 15.8. The first kappa shape index (κ1) is 19.2. The van der Waals surface area contributed by atoms with Gasteiger partial charge in [0.05, 0.1) is 0 Å². The van der Waals surface area contributed by atoms with Crippen molar-refractivity contribution in [3.63, 3.8) is 0 Å². The molecule has 2 amide bonds. The van der Waals surface area contributed by atoms with Gasteiger partial charge in [-0.25, -0.2) is 0 Å². The highest BCUT2D eigenvalue weighted by atomic mass is 16.2. The van der Waals surface area contributed by atoms with Crippen LogP contribution in [0.25, 0.3) is 11.1 Å². The number of aryl methyl sites for hydroxylation is 1. The molecule has 1 N–H and O–H groups in total. The van der Waals surface area contributed by atoms with Gasteiger partial charge in [-0.05, 0) is 47.4 Å². The number of carbonyl (C=O) groups excluding carboxylic acids is 2. The van der Waals surface area contributed by atoms with E-state index in [4.69, 9.17) is 0 Å². The van der Waals surface area contributed by atoms with Crippen LogP contribution in [0, 0.1) is 0 Å². The first-order valence-corrected chi connectivity index (χ1v) is 8.96. The minimum absolute atomic E-state index is 0.138. The van der Waals surface area contributed by atoms with Crippen molar-refractivity contribution < 1.29 is 9.59 Å². The Bertz CT molecular complexity index is 978. The molecule has 0 radical (unpaired) electrons. The van der Waals surface area contributed by atoms with E-state index in [0.29, 0.717) is 13.0 Å². The number of aliphatic imine (C=N–C) groups is 1. The number of fused-ring (bicyclic) bond motifs is 1. The van der Waals surface area contributed by atoms with Gasteiger partial charge in [-0.3, -0.25) is 19.6 Å². The fourth-order valence-electron chi connectivity index (χ4n) is 3.15. The SMILES string of the molecule is C=CN=C(C=C)C(=O)NCc1cncc(-c2ccc3c(c2)CCC(=O)N3C)c1. The maximum Gasteiger partial charge on any atom is 0.270 e. The van der Waals surface area contributed by atoms with Gasteiger partial charge in [0.15, 0.2) is 0 Å². The van der Waals surface area contributed by atoms with Crippen LogP contribution in [-0.4, -0.2) is 29.6 Å². The van der Waals surface area contributed by atoms with E-state index in [9.17, 15) is 9.59 Å². The van der Waals surface area contributed by atoms with Crippen molar-refractivity contribution in [2.24, 2.45) is 4.99 Å². The Hall–Kier alpha value is -3.54. The highest BCUT2D eigenvalue weighted by Crippen LogP contribution is 2.31. The summed E-state index contributed by atoms with van der Waals surface area (Å²) < 4.78 is 0. The number of anilines is 1. The molecule has 1 aromatic carbocycles. The molecule has 28 heavy (non-hydrogen) atoms. The second kappa shape index (κ2) is 8.43. The fraction of sp³-hybridized carbons (Fsp3) is 0.182. The highest BCUT2D eigenvalue weighted by molar-refractivity contribution is 6.43. The number of pyridine rings is 1. The molecule has 0 aliphatic carbocycles. The summed E-state index contributed by atoms with van der Waals surface area (Å²) in [6.45, 7) is 7.39. The molecule has 0 atom stereocenters. The lowest BCUT2D eigenvalue weighted by Crippen LogP contribution is -2.31. The molecule has 142 valence electrons. The predicted octanol–water partition coefficient (Wildman–Crippen LogP) is 3.04. The van der Waals surface area contributed by atoms with Crippen LogP contribution in [-0.2, 0) is 22.6 Å². The second-order valence-corrected chi connectivity index (χ2v) is 6.46. The van der Waals surface area contributed by atoms with E-state index in [1.165, 1.54) is 12.3 Å². The first-order chi connectivity index (χ1) is 13.5. The summed E-state index contributed by atoms with van der Waals surface area (Å²) in [7, 11) is 1.80. The van der Waals surface area contributed by atoms with Crippen LogP contribution in [0.2, 0.25) is 0 Å². The summed E-state index contributed by atoms with van der Waals surface area (Å²) in [5.41, 5.74) is 5.18. The Morgan fingerprint density at radius 3 is 2.82 bits per heavy atom. The number of carbonyl (C=O) groups is 2. The monoisotopic (exact) mass is 374 g/mol. The molecule has 0 fully saturated rings. The average Bonchev–Trinajstić information content (AvgIpc) is 2.73. The number of nitrogens with one attached hydrogen (secondary N) is 1. The lowest BCUT2D eigenvalue weighted by molar-refractivity contribution is -0.118. The molecule has 1 aliphatic heterocycles. The Labute approximate surface area is 164 Å². The first-order valence-electron chi connectivity index (χ1n) is 8.96. The molecular weight excluding hydrogens is 352 g/mol. The number of aromatic nitrogens is 1. The molecule has 0 saturated carbocycles.